The summed E-state index contributed by atoms with van der Waals surface area (Å²) in [5, 5.41) is 3.29. The van der Waals surface area contributed by atoms with Crippen molar-refractivity contribution in [3.05, 3.63) is 65.5 Å². The van der Waals surface area contributed by atoms with Gasteiger partial charge in [-0.05, 0) is 29.3 Å². The van der Waals surface area contributed by atoms with E-state index >= 15 is 0 Å². The summed E-state index contributed by atoms with van der Waals surface area (Å²) in [7, 11) is 0. The summed E-state index contributed by atoms with van der Waals surface area (Å²) in [6, 6.07) is 14.4. The van der Waals surface area contributed by atoms with Crippen LogP contribution >= 0.6 is 11.6 Å². The molecule has 2 rings (SSSR count). The molecule has 0 unspecified atom stereocenters. The van der Waals surface area contributed by atoms with E-state index in [0.29, 0.717) is 12.4 Å². The molecule has 0 aromatic heterocycles. The number of benzene rings is 2. The molecule has 3 heteroatoms. The first-order chi connectivity index (χ1) is 8.29. The van der Waals surface area contributed by atoms with Gasteiger partial charge in [0.05, 0.1) is 0 Å². The molecule has 1 N–H and O–H groups in total. The maximum Gasteiger partial charge on any atom is 0.123 e. The summed E-state index contributed by atoms with van der Waals surface area (Å²) in [4.78, 5) is 0. The molecule has 0 bridgehead atoms. The molecule has 0 spiro atoms. The first-order valence-corrected chi connectivity index (χ1v) is 5.95. The Hall–Kier alpha value is -1.54. The lowest BCUT2D eigenvalue weighted by atomic mass is 10.2. The predicted octanol–water partition coefficient (Wildman–Crippen LogP) is 4.18. The first-order valence-electron chi connectivity index (χ1n) is 5.42. The summed E-state index contributed by atoms with van der Waals surface area (Å²) < 4.78 is 12.7. The zero-order chi connectivity index (χ0) is 12.1. The molecule has 0 saturated carbocycles. The minimum Gasteiger partial charge on any atom is -0.381 e. The van der Waals surface area contributed by atoms with Gasteiger partial charge >= 0.3 is 0 Å². The normalized spacial score (nSPS) is 10.2. The van der Waals surface area contributed by atoms with Crippen LogP contribution in [0.1, 0.15) is 11.1 Å². The summed E-state index contributed by atoms with van der Waals surface area (Å²) >= 11 is 5.85. The van der Waals surface area contributed by atoms with Gasteiger partial charge in [-0.3, -0.25) is 0 Å². The van der Waals surface area contributed by atoms with Gasteiger partial charge in [0.15, 0.2) is 0 Å². The molecule has 0 heterocycles. The van der Waals surface area contributed by atoms with Gasteiger partial charge in [-0.25, -0.2) is 4.39 Å². The third kappa shape index (κ3) is 3.21. The van der Waals surface area contributed by atoms with Gasteiger partial charge in [-0.15, -0.1) is 11.6 Å². The number of hydrogen-bond donors (Lipinski definition) is 1. The van der Waals surface area contributed by atoms with E-state index in [2.05, 4.69) is 5.32 Å². The van der Waals surface area contributed by atoms with Crippen molar-refractivity contribution in [1.29, 1.82) is 0 Å². The lowest BCUT2D eigenvalue weighted by molar-refractivity contribution is 0.627. The third-order valence-electron chi connectivity index (χ3n) is 2.56. The number of para-hydroxylation sites is 1. The molecular weight excluding hydrogens is 237 g/mol. The molecule has 1 nitrogen and oxygen atoms in total. The quantitative estimate of drug-likeness (QED) is 0.802. The van der Waals surface area contributed by atoms with Crippen LogP contribution in [0.2, 0.25) is 0 Å². The standard InChI is InChI=1S/C14H13ClFN/c15-9-12-3-1-2-4-14(12)17-10-11-5-7-13(16)8-6-11/h1-8,17H,9-10H2. The van der Waals surface area contributed by atoms with Crippen LogP contribution in [0.5, 0.6) is 0 Å². The lowest BCUT2D eigenvalue weighted by Gasteiger charge is -2.10. The second kappa shape index (κ2) is 5.69. The van der Waals surface area contributed by atoms with Crippen molar-refractivity contribution < 1.29 is 4.39 Å². The van der Waals surface area contributed by atoms with Gasteiger partial charge in [0.25, 0.3) is 0 Å². The molecule has 2 aromatic carbocycles. The van der Waals surface area contributed by atoms with E-state index in [-0.39, 0.29) is 5.82 Å². The second-order valence-corrected chi connectivity index (χ2v) is 4.04. The SMILES string of the molecule is Fc1ccc(CNc2ccccc2CCl)cc1. The fraction of sp³-hybridized carbons (Fsp3) is 0.143. The van der Waals surface area contributed by atoms with E-state index in [4.69, 9.17) is 11.6 Å². The van der Waals surface area contributed by atoms with E-state index < -0.39 is 0 Å². The average Bonchev–Trinajstić information content (AvgIpc) is 2.38. The highest BCUT2D eigenvalue weighted by Gasteiger charge is 2.00. The van der Waals surface area contributed by atoms with Crippen LogP contribution in [-0.2, 0) is 12.4 Å². The highest BCUT2D eigenvalue weighted by atomic mass is 35.5. The monoisotopic (exact) mass is 249 g/mol. The summed E-state index contributed by atoms with van der Waals surface area (Å²) in [6.45, 7) is 0.661. The molecule has 17 heavy (non-hydrogen) atoms. The Morgan fingerprint density at radius 1 is 1.00 bits per heavy atom. The number of nitrogens with one attached hydrogen (secondary N) is 1. The fourth-order valence-corrected chi connectivity index (χ4v) is 1.84. The summed E-state index contributed by atoms with van der Waals surface area (Å²) in [5.41, 5.74) is 3.12. The van der Waals surface area contributed by atoms with E-state index in [0.717, 1.165) is 16.8 Å². The van der Waals surface area contributed by atoms with Crippen LogP contribution in [0.4, 0.5) is 10.1 Å². The molecule has 0 atom stereocenters. The van der Waals surface area contributed by atoms with Gasteiger partial charge in [0, 0.05) is 18.1 Å². The molecule has 0 amide bonds. The van der Waals surface area contributed by atoms with Crippen LogP contribution in [0.25, 0.3) is 0 Å². The Morgan fingerprint density at radius 2 is 1.71 bits per heavy atom. The third-order valence-corrected chi connectivity index (χ3v) is 2.85. The average molecular weight is 250 g/mol. The zero-order valence-corrected chi connectivity index (χ0v) is 10.0. The summed E-state index contributed by atoms with van der Waals surface area (Å²) in [6.07, 6.45) is 0. The number of rotatable bonds is 4. The van der Waals surface area contributed by atoms with Gasteiger partial charge in [-0.2, -0.15) is 0 Å². The van der Waals surface area contributed by atoms with Crippen molar-refractivity contribution in [2.24, 2.45) is 0 Å². The number of anilines is 1. The van der Waals surface area contributed by atoms with Crippen LogP contribution in [0.3, 0.4) is 0 Å². The smallest absolute Gasteiger partial charge is 0.123 e. The number of alkyl halides is 1. The van der Waals surface area contributed by atoms with Gasteiger partial charge in [-0.1, -0.05) is 30.3 Å². The Bertz CT molecular complexity index is 482. The molecular formula is C14H13ClFN. The highest BCUT2D eigenvalue weighted by Crippen LogP contribution is 2.18. The number of hydrogen-bond acceptors (Lipinski definition) is 1. The Morgan fingerprint density at radius 3 is 2.41 bits per heavy atom. The van der Waals surface area contributed by atoms with Gasteiger partial charge in [0.2, 0.25) is 0 Å². The molecule has 0 saturated heterocycles. The van der Waals surface area contributed by atoms with Crippen molar-refractivity contribution >= 4 is 17.3 Å². The van der Waals surface area contributed by atoms with Crippen LogP contribution in [0.15, 0.2) is 48.5 Å². The highest BCUT2D eigenvalue weighted by molar-refractivity contribution is 6.17. The molecule has 2 aromatic rings. The number of halogens is 2. The second-order valence-electron chi connectivity index (χ2n) is 3.77. The molecule has 0 radical (unpaired) electrons. The molecule has 0 aliphatic rings. The topological polar surface area (TPSA) is 12.0 Å². The Kier molecular flexibility index (Phi) is 3.99. The summed E-state index contributed by atoms with van der Waals surface area (Å²) in [5.74, 6) is 0.266. The van der Waals surface area contributed by atoms with E-state index in [1.165, 1.54) is 12.1 Å². The Balaban J connectivity index is 2.04. The van der Waals surface area contributed by atoms with E-state index in [9.17, 15) is 4.39 Å². The largest absolute Gasteiger partial charge is 0.381 e. The minimum absolute atomic E-state index is 0.213. The minimum atomic E-state index is -0.213. The zero-order valence-electron chi connectivity index (χ0n) is 9.29. The molecule has 88 valence electrons. The van der Waals surface area contributed by atoms with Crippen LogP contribution in [-0.4, -0.2) is 0 Å². The molecule has 0 aliphatic carbocycles. The van der Waals surface area contributed by atoms with Crippen LogP contribution in [0, 0.1) is 5.82 Å². The lowest BCUT2D eigenvalue weighted by Crippen LogP contribution is -2.01. The Labute approximate surface area is 105 Å². The predicted molar refractivity (Wildman–Crippen MR) is 69.7 cm³/mol. The van der Waals surface area contributed by atoms with Crippen molar-refractivity contribution in [1.82, 2.24) is 0 Å². The molecule has 0 aliphatic heterocycles. The van der Waals surface area contributed by atoms with Gasteiger partial charge in [0.1, 0.15) is 5.82 Å². The maximum atomic E-state index is 12.7. The van der Waals surface area contributed by atoms with Crippen LogP contribution < -0.4 is 5.32 Å². The first kappa shape index (κ1) is 11.9. The van der Waals surface area contributed by atoms with E-state index in [1.807, 2.05) is 24.3 Å². The van der Waals surface area contributed by atoms with Crippen molar-refractivity contribution in [2.75, 3.05) is 5.32 Å². The van der Waals surface area contributed by atoms with Crippen molar-refractivity contribution in [3.8, 4) is 0 Å². The van der Waals surface area contributed by atoms with Crippen molar-refractivity contribution in [2.45, 2.75) is 12.4 Å². The molecule has 0 fully saturated rings. The maximum absolute atomic E-state index is 12.7. The van der Waals surface area contributed by atoms with Crippen molar-refractivity contribution in [3.63, 3.8) is 0 Å². The fourth-order valence-electron chi connectivity index (χ4n) is 1.61. The van der Waals surface area contributed by atoms with E-state index in [1.54, 1.807) is 12.1 Å². The van der Waals surface area contributed by atoms with Gasteiger partial charge < -0.3 is 5.32 Å².